The molecule has 26 heavy (non-hydrogen) atoms. The van der Waals surface area contributed by atoms with Crippen molar-refractivity contribution < 1.29 is 0 Å². The van der Waals surface area contributed by atoms with Gasteiger partial charge in [-0.2, -0.15) is 0 Å². The lowest BCUT2D eigenvalue weighted by molar-refractivity contribution is 0.563. The van der Waals surface area contributed by atoms with Crippen molar-refractivity contribution in [1.29, 1.82) is 0 Å². The highest BCUT2D eigenvalue weighted by Crippen LogP contribution is 2.32. The van der Waals surface area contributed by atoms with Gasteiger partial charge in [-0.25, -0.2) is 0 Å². The monoisotopic (exact) mass is 391 g/mol. The Labute approximate surface area is 167 Å². The molecule has 1 heterocycles. The van der Waals surface area contributed by atoms with Crippen molar-refractivity contribution in [3.8, 4) is 11.4 Å². The molecule has 0 unspecified atom stereocenters. The first kappa shape index (κ1) is 21.4. The zero-order valence-corrected chi connectivity index (χ0v) is 18.0. The number of hydrogen-bond donors (Lipinski definition) is 0. The minimum atomic E-state index is 0.938. The summed E-state index contributed by atoms with van der Waals surface area (Å²) in [6.07, 6.45) is 13.9. The number of hydrogen-bond acceptors (Lipinski definition) is 4. The smallest absolute Gasteiger partial charge is 0.201 e. The van der Waals surface area contributed by atoms with Crippen LogP contribution in [0.2, 0.25) is 0 Å². The van der Waals surface area contributed by atoms with Gasteiger partial charge in [0.15, 0.2) is 5.82 Å². The van der Waals surface area contributed by atoms with E-state index in [2.05, 4.69) is 33.8 Å². The molecule has 2 rings (SSSR count). The summed E-state index contributed by atoms with van der Waals surface area (Å²) in [5.74, 6) is 2.13. The highest BCUT2D eigenvalue weighted by Gasteiger charge is 2.10. The molecular weight excluding hydrogens is 358 g/mol. The van der Waals surface area contributed by atoms with Crippen molar-refractivity contribution in [2.45, 2.75) is 76.3 Å². The summed E-state index contributed by atoms with van der Waals surface area (Å²) in [5.41, 5.74) is 1.12. The van der Waals surface area contributed by atoms with Crippen LogP contribution in [0.1, 0.15) is 71.1 Å². The topological polar surface area (TPSA) is 30.7 Å². The minimum Gasteiger partial charge on any atom is -0.304 e. The normalized spacial score (nSPS) is 11.2. The summed E-state index contributed by atoms with van der Waals surface area (Å²) in [6.45, 7) is 2.28. The van der Waals surface area contributed by atoms with Gasteiger partial charge in [-0.1, -0.05) is 106 Å². The zero-order chi connectivity index (χ0) is 18.5. The van der Waals surface area contributed by atoms with Gasteiger partial charge in [-0.3, -0.25) is 0 Å². The fourth-order valence-corrected chi connectivity index (χ4v) is 5.11. The Morgan fingerprint density at radius 1 is 0.808 bits per heavy atom. The highest BCUT2D eigenvalue weighted by atomic mass is 33.1. The summed E-state index contributed by atoms with van der Waals surface area (Å²) in [6, 6.07) is 10.3. The summed E-state index contributed by atoms with van der Waals surface area (Å²) in [7, 11) is 5.70. The zero-order valence-electron chi connectivity index (χ0n) is 16.3. The van der Waals surface area contributed by atoms with Crippen LogP contribution in [-0.4, -0.2) is 20.5 Å². The fourth-order valence-electron chi connectivity index (χ4n) is 2.97. The third kappa shape index (κ3) is 7.75. The van der Waals surface area contributed by atoms with Gasteiger partial charge in [0, 0.05) is 18.4 Å². The molecule has 5 heteroatoms. The molecule has 144 valence electrons. The lowest BCUT2D eigenvalue weighted by Crippen LogP contribution is -1.93. The molecule has 2 aromatic rings. The van der Waals surface area contributed by atoms with Crippen molar-refractivity contribution in [2.24, 2.45) is 7.05 Å². The highest BCUT2D eigenvalue weighted by molar-refractivity contribution is 8.76. The Hall–Kier alpha value is -0.940. The third-order valence-electron chi connectivity index (χ3n) is 4.58. The number of aromatic nitrogens is 3. The summed E-state index contributed by atoms with van der Waals surface area (Å²) < 4.78 is 2.09. The number of nitrogens with zero attached hydrogens (tertiary/aromatic N) is 3. The van der Waals surface area contributed by atoms with Gasteiger partial charge in [0.05, 0.1) is 0 Å². The molecular formula is C21H33N3S2. The Morgan fingerprint density at radius 3 is 2.08 bits per heavy atom. The lowest BCUT2D eigenvalue weighted by atomic mass is 10.1. The Bertz CT molecular complexity index is 599. The van der Waals surface area contributed by atoms with E-state index in [-0.39, 0.29) is 0 Å². The maximum Gasteiger partial charge on any atom is 0.201 e. The van der Waals surface area contributed by atoms with Crippen molar-refractivity contribution >= 4 is 21.6 Å². The van der Waals surface area contributed by atoms with E-state index in [1.165, 1.54) is 70.0 Å². The molecule has 0 spiro atoms. The van der Waals surface area contributed by atoms with Crippen molar-refractivity contribution in [3.05, 3.63) is 30.3 Å². The van der Waals surface area contributed by atoms with E-state index in [9.17, 15) is 0 Å². The molecule has 0 atom stereocenters. The standard InChI is InChI=1S/C21H33N3S2/c1-3-4-5-6-7-8-9-10-11-15-18-25-26-21-23-22-20(24(21)2)19-16-13-12-14-17-19/h12-14,16-17H,3-11,15,18H2,1-2H3. The maximum atomic E-state index is 4.34. The molecule has 1 aromatic heterocycles. The predicted molar refractivity (Wildman–Crippen MR) is 117 cm³/mol. The van der Waals surface area contributed by atoms with Crippen LogP contribution >= 0.6 is 21.6 Å². The first-order chi connectivity index (χ1) is 12.8. The van der Waals surface area contributed by atoms with Crippen LogP contribution in [0.5, 0.6) is 0 Å². The number of unbranched alkanes of at least 4 members (excludes halogenated alkanes) is 9. The van der Waals surface area contributed by atoms with E-state index < -0.39 is 0 Å². The van der Waals surface area contributed by atoms with Gasteiger partial charge in [0.1, 0.15) is 0 Å². The molecule has 0 N–H and O–H groups in total. The SMILES string of the molecule is CCCCCCCCCCCCSSc1nnc(-c2ccccc2)n1C. The average Bonchev–Trinajstić information content (AvgIpc) is 3.04. The van der Waals surface area contributed by atoms with Crippen molar-refractivity contribution in [1.82, 2.24) is 14.8 Å². The van der Waals surface area contributed by atoms with Crippen LogP contribution in [0, 0.1) is 0 Å². The Kier molecular flexibility index (Phi) is 10.9. The number of rotatable bonds is 14. The Morgan fingerprint density at radius 2 is 1.42 bits per heavy atom. The van der Waals surface area contributed by atoms with E-state index in [0.717, 1.165) is 16.5 Å². The predicted octanol–water partition coefficient (Wildman–Crippen LogP) is 7.14. The molecule has 3 nitrogen and oxygen atoms in total. The van der Waals surface area contributed by atoms with Gasteiger partial charge in [0.2, 0.25) is 5.16 Å². The first-order valence-electron chi connectivity index (χ1n) is 10.1. The largest absolute Gasteiger partial charge is 0.304 e. The molecule has 0 radical (unpaired) electrons. The quantitative estimate of drug-likeness (QED) is 0.253. The minimum absolute atomic E-state index is 0.938. The van der Waals surface area contributed by atoms with E-state index in [1.54, 1.807) is 10.8 Å². The molecule has 0 amide bonds. The first-order valence-corrected chi connectivity index (χ1v) is 12.4. The van der Waals surface area contributed by atoms with Crippen LogP contribution in [0.15, 0.2) is 35.5 Å². The van der Waals surface area contributed by atoms with E-state index in [1.807, 2.05) is 36.0 Å². The fraction of sp³-hybridized carbons (Fsp3) is 0.619. The van der Waals surface area contributed by atoms with Crippen molar-refractivity contribution in [3.63, 3.8) is 0 Å². The third-order valence-corrected chi connectivity index (χ3v) is 6.96. The molecule has 0 saturated carbocycles. The van der Waals surface area contributed by atoms with E-state index in [4.69, 9.17) is 0 Å². The molecule has 0 fully saturated rings. The molecule has 0 aliphatic carbocycles. The van der Waals surface area contributed by atoms with Gasteiger partial charge in [-0.15, -0.1) is 10.2 Å². The van der Waals surface area contributed by atoms with Gasteiger partial charge >= 0.3 is 0 Å². The molecule has 0 bridgehead atoms. The second-order valence-electron chi connectivity index (χ2n) is 6.82. The second-order valence-corrected chi connectivity index (χ2v) is 9.20. The van der Waals surface area contributed by atoms with Crippen LogP contribution in [0.3, 0.4) is 0 Å². The van der Waals surface area contributed by atoms with Crippen LogP contribution < -0.4 is 0 Å². The molecule has 0 aliphatic heterocycles. The molecule has 1 aromatic carbocycles. The summed E-state index contributed by atoms with van der Waals surface area (Å²) in [5, 5.41) is 9.66. The number of benzene rings is 1. The maximum absolute atomic E-state index is 4.34. The van der Waals surface area contributed by atoms with Crippen LogP contribution in [0.25, 0.3) is 11.4 Å². The van der Waals surface area contributed by atoms with Gasteiger partial charge in [-0.05, 0) is 17.2 Å². The van der Waals surface area contributed by atoms with E-state index in [0.29, 0.717) is 0 Å². The molecule has 0 saturated heterocycles. The van der Waals surface area contributed by atoms with Crippen LogP contribution in [-0.2, 0) is 7.05 Å². The second kappa shape index (κ2) is 13.3. The van der Waals surface area contributed by atoms with Gasteiger partial charge < -0.3 is 4.57 Å². The van der Waals surface area contributed by atoms with Gasteiger partial charge in [0.25, 0.3) is 0 Å². The Balaban J connectivity index is 1.52. The molecule has 0 aliphatic rings. The van der Waals surface area contributed by atoms with E-state index >= 15 is 0 Å². The summed E-state index contributed by atoms with van der Waals surface area (Å²) in [4.78, 5) is 0. The van der Waals surface area contributed by atoms with Crippen LogP contribution in [0.4, 0.5) is 0 Å². The average molecular weight is 392 g/mol. The lowest BCUT2D eigenvalue weighted by Gasteiger charge is -2.04. The van der Waals surface area contributed by atoms with Crippen molar-refractivity contribution in [2.75, 3.05) is 5.75 Å². The summed E-state index contributed by atoms with van der Waals surface area (Å²) >= 11 is 0.